The number of hydrogen-bond donors (Lipinski definition) is 2. The van der Waals surface area contributed by atoms with Gasteiger partial charge >= 0.3 is 0 Å². The average Bonchev–Trinajstić information content (AvgIpc) is 2.54. The Hall–Kier alpha value is -1.83. The number of hydrogen-bond acceptors (Lipinski definition) is 3. The molecule has 1 unspecified atom stereocenters. The molecule has 0 aromatic heterocycles. The number of piperidine rings is 1. The number of rotatable bonds is 3. The van der Waals surface area contributed by atoms with Crippen molar-refractivity contribution in [1.29, 1.82) is 0 Å². The molecule has 0 aliphatic carbocycles. The van der Waals surface area contributed by atoms with E-state index < -0.39 is 6.10 Å². The van der Waals surface area contributed by atoms with Gasteiger partial charge in [-0.25, -0.2) is 0 Å². The predicted molar refractivity (Wildman–Crippen MR) is 85.4 cm³/mol. The summed E-state index contributed by atoms with van der Waals surface area (Å²) in [6.45, 7) is 3.21. The van der Waals surface area contributed by atoms with Gasteiger partial charge in [-0.2, -0.15) is 0 Å². The molecule has 1 fully saturated rings. The van der Waals surface area contributed by atoms with E-state index in [9.17, 15) is 15.0 Å². The fourth-order valence-electron chi connectivity index (χ4n) is 2.46. The average molecular weight is 301 g/mol. The normalized spacial score (nSPS) is 16.8. The van der Waals surface area contributed by atoms with Gasteiger partial charge in [0, 0.05) is 24.2 Å². The van der Waals surface area contributed by atoms with Gasteiger partial charge in [0.05, 0.1) is 6.10 Å². The molecule has 0 radical (unpaired) electrons. The summed E-state index contributed by atoms with van der Waals surface area (Å²) in [4.78, 5) is 14.1. The third-order valence-electron chi connectivity index (χ3n) is 3.83. The monoisotopic (exact) mass is 301 g/mol. The zero-order chi connectivity index (χ0) is 15.9. The van der Waals surface area contributed by atoms with Crippen LogP contribution in [0.25, 0.3) is 0 Å². The smallest absolute Gasteiger partial charge is 0.253 e. The zero-order valence-electron chi connectivity index (χ0n) is 13.0. The Bertz CT molecular complexity index is 548. The summed E-state index contributed by atoms with van der Waals surface area (Å²) in [5.74, 6) is 5.72. The third kappa shape index (κ3) is 4.59. The molecule has 4 nitrogen and oxygen atoms in total. The number of benzene rings is 1. The van der Waals surface area contributed by atoms with Crippen LogP contribution in [0.5, 0.6) is 0 Å². The lowest BCUT2D eigenvalue weighted by molar-refractivity contribution is 0.0546. The number of carbonyl (C=O) groups is 1. The Morgan fingerprint density at radius 1 is 1.32 bits per heavy atom. The summed E-state index contributed by atoms with van der Waals surface area (Å²) in [5, 5.41) is 19.1. The van der Waals surface area contributed by atoms with Crippen LogP contribution in [-0.2, 0) is 0 Å². The summed E-state index contributed by atoms with van der Waals surface area (Å²) < 4.78 is 0. The van der Waals surface area contributed by atoms with Gasteiger partial charge in [-0.1, -0.05) is 25.2 Å². The van der Waals surface area contributed by atoms with E-state index in [0.717, 1.165) is 12.0 Å². The molecule has 1 aromatic carbocycles. The maximum atomic E-state index is 12.3. The Labute approximate surface area is 131 Å². The van der Waals surface area contributed by atoms with E-state index in [4.69, 9.17) is 0 Å². The minimum atomic E-state index is -0.592. The topological polar surface area (TPSA) is 60.8 Å². The number of aliphatic hydroxyl groups is 2. The van der Waals surface area contributed by atoms with Gasteiger partial charge in [-0.3, -0.25) is 4.79 Å². The van der Waals surface area contributed by atoms with E-state index in [1.165, 1.54) is 0 Å². The van der Waals surface area contributed by atoms with E-state index in [-0.39, 0.29) is 12.0 Å². The van der Waals surface area contributed by atoms with Crippen LogP contribution in [0.4, 0.5) is 0 Å². The number of nitrogens with zero attached hydrogens (tertiary/aromatic N) is 1. The Balaban J connectivity index is 1.98. The van der Waals surface area contributed by atoms with Crippen molar-refractivity contribution in [2.45, 2.75) is 44.8 Å². The van der Waals surface area contributed by atoms with Crippen molar-refractivity contribution in [2.75, 3.05) is 13.1 Å². The first-order chi connectivity index (χ1) is 10.6. The molecule has 118 valence electrons. The number of carbonyl (C=O) groups excluding carboxylic acids is 1. The highest BCUT2D eigenvalue weighted by molar-refractivity contribution is 5.94. The fraction of sp³-hybridized carbons (Fsp3) is 0.500. The molecule has 1 saturated heterocycles. The first kappa shape index (κ1) is 16.5. The molecule has 1 atom stereocenters. The maximum absolute atomic E-state index is 12.3. The maximum Gasteiger partial charge on any atom is 0.253 e. The van der Waals surface area contributed by atoms with Gasteiger partial charge < -0.3 is 15.1 Å². The van der Waals surface area contributed by atoms with E-state index >= 15 is 0 Å². The lowest BCUT2D eigenvalue weighted by Crippen LogP contribution is -2.40. The molecule has 2 rings (SSSR count). The molecule has 22 heavy (non-hydrogen) atoms. The summed E-state index contributed by atoms with van der Waals surface area (Å²) in [5.41, 5.74) is 1.43. The lowest BCUT2D eigenvalue weighted by atomic mass is 10.1. The van der Waals surface area contributed by atoms with Crippen LogP contribution >= 0.6 is 0 Å². The number of aliphatic hydroxyl groups excluding tert-OH is 2. The highest BCUT2D eigenvalue weighted by Gasteiger charge is 2.21. The third-order valence-corrected chi connectivity index (χ3v) is 3.83. The standard InChI is InChI=1S/C18H23NO3/c1-2-3-16(20)9-6-14-4-7-15(8-5-14)18(22)19-12-10-17(21)11-13-19/h4-5,7-8,16-17,20-21H,2-3,10-13H2,1H3. The first-order valence-corrected chi connectivity index (χ1v) is 7.87. The summed E-state index contributed by atoms with van der Waals surface area (Å²) >= 11 is 0. The minimum absolute atomic E-state index is 0.00238. The molecule has 0 bridgehead atoms. The molecule has 1 aliphatic rings. The summed E-state index contributed by atoms with van der Waals surface area (Å²) in [6, 6.07) is 7.14. The van der Waals surface area contributed by atoms with Crippen LogP contribution in [0, 0.1) is 11.8 Å². The molecular formula is C18H23NO3. The summed E-state index contributed by atoms with van der Waals surface area (Å²) in [6.07, 6.45) is 1.98. The predicted octanol–water partition coefficient (Wildman–Crippen LogP) is 1.80. The van der Waals surface area contributed by atoms with Gasteiger partial charge in [0.1, 0.15) is 6.10 Å². The second-order valence-electron chi connectivity index (χ2n) is 5.67. The fourth-order valence-corrected chi connectivity index (χ4v) is 2.46. The molecule has 1 aromatic rings. The molecule has 1 amide bonds. The Kier molecular flexibility index (Phi) is 6.00. The largest absolute Gasteiger partial charge is 0.393 e. The van der Waals surface area contributed by atoms with Crippen molar-refractivity contribution in [3.8, 4) is 11.8 Å². The second-order valence-corrected chi connectivity index (χ2v) is 5.67. The molecule has 2 N–H and O–H groups in total. The number of likely N-dealkylation sites (tertiary alicyclic amines) is 1. The van der Waals surface area contributed by atoms with Gasteiger partial charge in [0.15, 0.2) is 0 Å². The molecular weight excluding hydrogens is 278 g/mol. The van der Waals surface area contributed by atoms with Crippen molar-refractivity contribution >= 4 is 5.91 Å². The van der Waals surface area contributed by atoms with Gasteiger partial charge in [-0.05, 0) is 43.5 Å². The van der Waals surface area contributed by atoms with E-state index in [1.807, 2.05) is 6.92 Å². The van der Waals surface area contributed by atoms with Crippen molar-refractivity contribution in [3.63, 3.8) is 0 Å². The SMILES string of the molecule is CCCC(O)C#Cc1ccc(C(=O)N2CCC(O)CC2)cc1. The molecule has 1 aliphatic heterocycles. The highest BCUT2D eigenvalue weighted by Crippen LogP contribution is 2.14. The molecule has 0 saturated carbocycles. The van der Waals surface area contributed by atoms with E-state index in [0.29, 0.717) is 37.9 Å². The Morgan fingerprint density at radius 2 is 1.95 bits per heavy atom. The minimum Gasteiger partial charge on any atom is -0.393 e. The van der Waals surface area contributed by atoms with Crippen LogP contribution in [0.2, 0.25) is 0 Å². The quantitative estimate of drug-likeness (QED) is 0.837. The van der Waals surface area contributed by atoms with Crippen LogP contribution in [0.3, 0.4) is 0 Å². The van der Waals surface area contributed by atoms with Gasteiger partial charge in [0.25, 0.3) is 5.91 Å². The van der Waals surface area contributed by atoms with Crippen LogP contribution in [0.15, 0.2) is 24.3 Å². The highest BCUT2D eigenvalue weighted by atomic mass is 16.3. The second kappa shape index (κ2) is 7.98. The zero-order valence-corrected chi connectivity index (χ0v) is 13.0. The molecule has 4 heteroatoms. The van der Waals surface area contributed by atoms with Crippen molar-refractivity contribution in [2.24, 2.45) is 0 Å². The van der Waals surface area contributed by atoms with E-state index in [2.05, 4.69) is 11.8 Å². The first-order valence-electron chi connectivity index (χ1n) is 7.87. The lowest BCUT2D eigenvalue weighted by Gasteiger charge is -2.29. The van der Waals surface area contributed by atoms with Crippen molar-refractivity contribution < 1.29 is 15.0 Å². The number of amides is 1. The van der Waals surface area contributed by atoms with Gasteiger partial charge in [0.2, 0.25) is 0 Å². The van der Waals surface area contributed by atoms with Crippen LogP contribution in [0.1, 0.15) is 48.5 Å². The van der Waals surface area contributed by atoms with Gasteiger partial charge in [-0.15, -0.1) is 0 Å². The van der Waals surface area contributed by atoms with Crippen LogP contribution in [-0.4, -0.2) is 46.3 Å². The summed E-state index contributed by atoms with van der Waals surface area (Å²) in [7, 11) is 0. The van der Waals surface area contributed by atoms with Crippen molar-refractivity contribution in [1.82, 2.24) is 4.90 Å². The van der Waals surface area contributed by atoms with Crippen molar-refractivity contribution in [3.05, 3.63) is 35.4 Å². The van der Waals surface area contributed by atoms with Crippen LogP contribution < -0.4 is 0 Å². The molecule has 1 heterocycles. The Morgan fingerprint density at radius 3 is 2.55 bits per heavy atom. The molecule has 0 spiro atoms. The van der Waals surface area contributed by atoms with E-state index in [1.54, 1.807) is 29.2 Å².